The summed E-state index contributed by atoms with van der Waals surface area (Å²) in [7, 11) is 0. The summed E-state index contributed by atoms with van der Waals surface area (Å²) in [5, 5.41) is 16.9. The molecule has 12 heteroatoms. The van der Waals surface area contributed by atoms with Gasteiger partial charge in [0.25, 0.3) is 0 Å². The van der Waals surface area contributed by atoms with Gasteiger partial charge in [-0.2, -0.15) is 0 Å². The van der Waals surface area contributed by atoms with Crippen LogP contribution in [0.5, 0.6) is 0 Å². The minimum Gasteiger partial charge on any atom is -0.480 e. The van der Waals surface area contributed by atoms with E-state index in [0.29, 0.717) is 12.8 Å². The molecule has 4 atom stereocenters. The van der Waals surface area contributed by atoms with Crippen LogP contribution in [0.3, 0.4) is 0 Å². The smallest absolute Gasteiger partial charge is 0.326 e. The number of carboxylic acids is 1. The number of nitrogens with two attached hydrogens (primary N) is 3. The molecular weight excluding hydrogens is 418 g/mol. The molecule has 184 valence electrons. The molecule has 4 unspecified atom stereocenters. The third-order valence-corrected chi connectivity index (χ3v) is 4.67. The first-order valence-electron chi connectivity index (χ1n) is 10.7. The molecule has 0 bridgehead atoms. The number of aliphatic imine (C=N–C) groups is 1. The lowest BCUT2D eigenvalue weighted by Crippen LogP contribution is -2.57. The van der Waals surface area contributed by atoms with Gasteiger partial charge in [0.05, 0.1) is 6.04 Å². The van der Waals surface area contributed by atoms with Gasteiger partial charge in [-0.25, -0.2) is 4.79 Å². The normalized spacial score (nSPS) is 14.8. The molecule has 0 aliphatic carbocycles. The maximum absolute atomic E-state index is 12.7. The molecule has 0 saturated heterocycles. The number of nitrogens with zero attached hydrogens (tertiary/aromatic N) is 1. The van der Waals surface area contributed by atoms with Crippen molar-refractivity contribution in [2.45, 2.75) is 78.0 Å². The average molecular weight is 458 g/mol. The number of carboxylic acid groups (broad SMARTS) is 1. The van der Waals surface area contributed by atoms with Crippen LogP contribution in [0.15, 0.2) is 4.99 Å². The molecule has 32 heavy (non-hydrogen) atoms. The van der Waals surface area contributed by atoms with Gasteiger partial charge in [0.15, 0.2) is 5.96 Å². The molecule has 10 N–H and O–H groups in total. The zero-order chi connectivity index (χ0) is 25.0. The second kappa shape index (κ2) is 14.2. The molecule has 0 aliphatic heterocycles. The molecule has 0 aromatic rings. The van der Waals surface area contributed by atoms with Crippen molar-refractivity contribution in [1.29, 1.82) is 0 Å². The van der Waals surface area contributed by atoms with Gasteiger partial charge in [-0.3, -0.25) is 19.4 Å². The number of rotatable bonds is 14. The lowest BCUT2D eigenvalue weighted by atomic mass is 10.0. The Hall–Kier alpha value is -2.89. The van der Waals surface area contributed by atoms with E-state index in [4.69, 9.17) is 17.2 Å². The standard InChI is InChI=1S/C20H39N7O5/c1-10(2)9-14(27-18(30)15(21)11(3)4)17(29)25-12(5)16(28)26-13(19(31)32)7-6-8-24-20(22)23/h10-15H,6-9,21H2,1-5H3,(H,25,29)(H,26,28)(H,27,30)(H,31,32)(H4,22,23,24). The predicted molar refractivity (Wildman–Crippen MR) is 121 cm³/mol. The molecule has 0 radical (unpaired) electrons. The first-order valence-corrected chi connectivity index (χ1v) is 10.7. The lowest BCUT2D eigenvalue weighted by molar-refractivity contribution is -0.142. The topological polar surface area (TPSA) is 215 Å². The van der Waals surface area contributed by atoms with Crippen molar-refractivity contribution in [2.75, 3.05) is 6.54 Å². The molecule has 0 rings (SSSR count). The summed E-state index contributed by atoms with van der Waals surface area (Å²) in [5.41, 5.74) is 16.3. The Balaban J connectivity index is 5.01. The number of nitrogens with one attached hydrogen (secondary N) is 3. The molecule has 0 heterocycles. The highest BCUT2D eigenvalue weighted by Crippen LogP contribution is 2.07. The van der Waals surface area contributed by atoms with E-state index in [1.165, 1.54) is 6.92 Å². The zero-order valence-electron chi connectivity index (χ0n) is 19.6. The van der Waals surface area contributed by atoms with Crippen LogP contribution in [0.1, 0.15) is 53.9 Å². The molecule has 0 spiro atoms. The highest BCUT2D eigenvalue weighted by atomic mass is 16.4. The Labute approximate surface area is 189 Å². The van der Waals surface area contributed by atoms with Gasteiger partial charge in [0, 0.05) is 6.54 Å². The summed E-state index contributed by atoms with van der Waals surface area (Å²) in [5.74, 6) is -3.01. The Morgan fingerprint density at radius 1 is 0.875 bits per heavy atom. The number of carbonyl (C=O) groups is 4. The van der Waals surface area contributed by atoms with E-state index in [1.54, 1.807) is 13.8 Å². The van der Waals surface area contributed by atoms with Gasteiger partial charge in [-0.05, 0) is 38.0 Å². The lowest BCUT2D eigenvalue weighted by Gasteiger charge is -2.25. The van der Waals surface area contributed by atoms with Crippen molar-refractivity contribution in [3.63, 3.8) is 0 Å². The monoisotopic (exact) mass is 457 g/mol. The van der Waals surface area contributed by atoms with Crippen molar-refractivity contribution in [3.8, 4) is 0 Å². The minimum absolute atomic E-state index is 0.0899. The maximum atomic E-state index is 12.7. The highest BCUT2D eigenvalue weighted by Gasteiger charge is 2.29. The Morgan fingerprint density at radius 3 is 1.91 bits per heavy atom. The van der Waals surface area contributed by atoms with Crippen LogP contribution < -0.4 is 33.2 Å². The minimum atomic E-state index is -1.21. The SMILES string of the molecule is CC(C)CC(NC(=O)C(N)C(C)C)C(=O)NC(C)C(=O)NC(CCCN=C(N)N)C(=O)O. The van der Waals surface area contributed by atoms with E-state index in [-0.39, 0.29) is 30.8 Å². The Bertz CT molecular complexity index is 677. The van der Waals surface area contributed by atoms with Gasteiger partial charge in [0.1, 0.15) is 18.1 Å². The van der Waals surface area contributed by atoms with E-state index in [1.807, 2.05) is 13.8 Å². The van der Waals surface area contributed by atoms with Gasteiger partial charge >= 0.3 is 5.97 Å². The van der Waals surface area contributed by atoms with E-state index in [2.05, 4.69) is 20.9 Å². The highest BCUT2D eigenvalue weighted by molar-refractivity contribution is 5.93. The summed E-state index contributed by atoms with van der Waals surface area (Å²) in [4.78, 5) is 52.6. The van der Waals surface area contributed by atoms with Gasteiger partial charge in [0.2, 0.25) is 17.7 Å². The second-order valence-electron chi connectivity index (χ2n) is 8.54. The zero-order valence-corrected chi connectivity index (χ0v) is 19.6. The maximum Gasteiger partial charge on any atom is 0.326 e. The Morgan fingerprint density at radius 2 is 1.44 bits per heavy atom. The van der Waals surface area contributed by atoms with Gasteiger partial charge in [-0.1, -0.05) is 27.7 Å². The van der Waals surface area contributed by atoms with Crippen LogP contribution in [0.4, 0.5) is 0 Å². The number of hydrogen-bond acceptors (Lipinski definition) is 6. The van der Waals surface area contributed by atoms with E-state index in [9.17, 15) is 24.3 Å². The van der Waals surface area contributed by atoms with Crippen LogP contribution in [0, 0.1) is 11.8 Å². The first kappa shape index (κ1) is 29.1. The molecular formula is C20H39N7O5. The van der Waals surface area contributed by atoms with Crippen molar-refractivity contribution < 1.29 is 24.3 Å². The summed E-state index contributed by atoms with van der Waals surface area (Å²) in [6.07, 6.45) is 0.797. The van der Waals surface area contributed by atoms with Crippen LogP contribution in [0.25, 0.3) is 0 Å². The van der Waals surface area contributed by atoms with Crippen molar-refractivity contribution >= 4 is 29.7 Å². The van der Waals surface area contributed by atoms with E-state index >= 15 is 0 Å². The number of aliphatic carboxylic acids is 1. The van der Waals surface area contributed by atoms with Gasteiger partial charge in [-0.15, -0.1) is 0 Å². The predicted octanol–water partition coefficient (Wildman–Crippen LogP) is -1.37. The number of amides is 3. The summed E-state index contributed by atoms with van der Waals surface area (Å²) in [6, 6.07) is -3.83. The third kappa shape index (κ3) is 11.5. The van der Waals surface area contributed by atoms with Crippen molar-refractivity contribution in [1.82, 2.24) is 16.0 Å². The molecule has 0 saturated carbocycles. The largest absolute Gasteiger partial charge is 0.480 e. The average Bonchev–Trinajstić information content (AvgIpc) is 2.67. The summed E-state index contributed by atoms with van der Waals surface area (Å²) >= 11 is 0. The first-order chi connectivity index (χ1) is 14.8. The molecule has 12 nitrogen and oxygen atoms in total. The Kier molecular flexibility index (Phi) is 12.9. The molecule has 0 aromatic carbocycles. The third-order valence-electron chi connectivity index (χ3n) is 4.67. The van der Waals surface area contributed by atoms with Crippen LogP contribution >= 0.6 is 0 Å². The number of hydrogen-bond donors (Lipinski definition) is 7. The van der Waals surface area contributed by atoms with Crippen LogP contribution in [-0.4, -0.2) is 65.5 Å². The number of guanidine groups is 1. The van der Waals surface area contributed by atoms with E-state index in [0.717, 1.165) is 0 Å². The summed E-state index contributed by atoms with van der Waals surface area (Å²) in [6.45, 7) is 9.03. The van der Waals surface area contributed by atoms with Crippen molar-refractivity contribution in [2.24, 2.45) is 34.0 Å². The fourth-order valence-electron chi connectivity index (χ4n) is 2.71. The second-order valence-corrected chi connectivity index (χ2v) is 8.54. The molecule has 0 aromatic heterocycles. The van der Waals surface area contributed by atoms with Gasteiger partial charge < -0.3 is 38.3 Å². The summed E-state index contributed by atoms with van der Waals surface area (Å²) < 4.78 is 0. The van der Waals surface area contributed by atoms with Crippen LogP contribution in [0.2, 0.25) is 0 Å². The number of carbonyl (C=O) groups excluding carboxylic acids is 3. The van der Waals surface area contributed by atoms with E-state index < -0.39 is 47.9 Å². The van der Waals surface area contributed by atoms with Crippen LogP contribution in [-0.2, 0) is 19.2 Å². The molecule has 0 aliphatic rings. The fourth-order valence-corrected chi connectivity index (χ4v) is 2.71. The molecule has 0 fully saturated rings. The molecule has 3 amide bonds. The quantitative estimate of drug-likeness (QED) is 0.0935. The fraction of sp³-hybridized carbons (Fsp3) is 0.750. The van der Waals surface area contributed by atoms with Crippen molar-refractivity contribution in [3.05, 3.63) is 0 Å².